The second-order valence-corrected chi connectivity index (χ2v) is 16.1. The number of methoxy groups -OCH3 is 1. The van der Waals surface area contributed by atoms with Gasteiger partial charge in [-0.25, -0.2) is 0 Å². The normalized spacial score (nSPS) is 22.5. The summed E-state index contributed by atoms with van der Waals surface area (Å²) in [6.45, 7) is 2.02. The van der Waals surface area contributed by atoms with Crippen LogP contribution >= 0.6 is 0 Å². The number of carbonyl (C=O) groups excluding carboxylic acids is 1. The van der Waals surface area contributed by atoms with Crippen molar-refractivity contribution >= 4 is 72.6 Å². The summed E-state index contributed by atoms with van der Waals surface area (Å²) in [5, 5.41) is 60.3. The SMILES string of the molecule is COc1c2c3c4c(c(CC5CCCCC5C(=O)O)c(O)c5c(=O)cc(CO)c(c6c(CO)cc(NC7CCCCC7C(=O)O)c(c1=O)c63)c54)C=C(C)C2C(C)=O. The fraction of sp³-hybridized carbons (Fsp3) is 0.432. The highest BCUT2D eigenvalue weighted by atomic mass is 16.5. The number of ketones is 1. The van der Waals surface area contributed by atoms with Gasteiger partial charge >= 0.3 is 11.9 Å². The van der Waals surface area contributed by atoms with Crippen LogP contribution in [0.2, 0.25) is 0 Å². The summed E-state index contributed by atoms with van der Waals surface area (Å²) >= 11 is 0. The van der Waals surface area contributed by atoms with Gasteiger partial charge in [-0.1, -0.05) is 37.3 Å². The third-order valence-electron chi connectivity index (χ3n) is 13.0. The van der Waals surface area contributed by atoms with E-state index < -0.39 is 59.8 Å². The molecule has 5 aromatic carbocycles. The molecule has 12 heteroatoms. The maximum absolute atomic E-state index is 15.0. The zero-order valence-corrected chi connectivity index (χ0v) is 31.6. The van der Waals surface area contributed by atoms with Crippen LogP contribution in [0.1, 0.15) is 98.9 Å². The van der Waals surface area contributed by atoms with Crippen molar-refractivity contribution in [2.75, 3.05) is 12.4 Å². The second kappa shape index (κ2) is 14.0. The van der Waals surface area contributed by atoms with Gasteiger partial charge in [0.15, 0.2) is 11.2 Å². The number of carboxylic acid groups (broad SMARTS) is 2. The zero-order chi connectivity index (χ0) is 39.9. The fourth-order valence-electron chi connectivity index (χ4n) is 10.7. The molecule has 2 saturated carbocycles. The number of fused-ring (bicyclic) bond motifs is 1. The number of hydrogen-bond donors (Lipinski definition) is 6. The van der Waals surface area contributed by atoms with E-state index in [0.717, 1.165) is 25.7 Å². The van der Waals surface area contributed by atoms with Crippen LogP contribution in [-0.4, -0.2) is 56.4 Å². The van der Waals surface area contributed by atoms with Gasteiger partial charge in [0.2, 0.25) is 5.43 Å². The van der Waals surface area contributed by atoms with Gasteiger partial charge in [0.1, 0.15) is 11.5 Å². The van der Waals surface area contributed by atoms with Crippen LogP contribution in [0.4, 0.5) is 5.69 Å². The molecule has 5 unspecified atom stereocenters. The number of aliphatic hydroxyl groups excluding tert-OH is 2. The molecule has 0 aliphatic heterocycles. The van der Waals surface area contributed by atoms with Crippen molar-refractivity contribution in [3.05, 3.63) is 66.0 Å². The minimum absolute atomic E-state index is 0.0477. The highest BCUT2D eigenvalue weighted by Crippen LogP contribution is 2.55. The number of carbonyl (C=O) groups is 3. The number of aliphatic hydroxyl groups is 2. The lowest BCUT2D eigenvalue weighted by molar-refractivity contribution is -0.145. The Labute approximate surface area is 321 Å². The molecule has 5 atom stereocenters. The lowest BCUT2D eigenvalue weighted by Gasteiger charge is -2.32. The van der Waals surface area contributed by atoms with E-state index in [1.165, 1.54) is 20.1 Å². The monoisotopic (exact) mass is 763 g/mol. The molecule has 292 valence electrons. The Morgan fingerprint density at radius 2 is 1.39 bits per heavy atom. The molecule has 12 nitrogen and oxygen atoms in total. The van der Waals surface area contributed by atoms with Crippen molar-refractivity contribution in [3.8, 4) is 11.5 Å². The molecule has 0 spiro atoms. The van der Waals surface area contributed by atoms with E-state index in [4.69, 9.17) is 4.74 Å². The fourth-order valence-corrected chi connectivity index (χ4v) is 10.7. The van der Waals surface area contributed by atoms with Crippen LogP contribution in [0.5, 0.6) is 11.5 Å². The van der Waals surface area contributed by atoms with Crippen molar-refractivity contribution in [3.63, 3.8) is 0 Å². The number of hydrogen-bond acceptors (Lipinski definition) is 10. The number of phenols is 1. The molecular weight excluding hydrogens is 718 g/mol. The summed E-state index contributed by atoms with van der Waals surface area (Å²) in [6, 6.07) is 2.30. The maximum Gasteiger partial charge on any atom is 0.308 e. The molecule has 3 aliphatic carbocycles. The van der Waals surface area contributed by atoms with Crippen molar-refractivity contribution in [1.82, 2.24) is 0 Å². The first kappa shape index (κ1) is 37.6. The standard InChI is InChI=1S/C44H45NO11/c1-18-12-25-26(13-20-8-4-5-9-23(20)43(52)53)40(50)35-29(49)15-22(17-47)32-31-21(16-46)14-28(45-27-11-7-6-10-24(27)44(54)55)34-37(31)38(33(25)36(32)35)39(30(18)19(2)48)42(56-3)41(34)51/h12,14-15,20,23-24,27,30,45-47,50H,4-11,13,16-17H2,1-3H3,(H,52,53)(H,54,55). The van der Waals surface area contributed by atoms with E-state index in [0.29, 0.717) is 74.9 Å². The molecule has 2 fully saturated rings. The number of ether oxygens (including phenoxy) is 1. The van der Waals surface area contributed by atoms with Gasteiger partial charge in [-0.05, 0) is 102 Å². The third-order valence-corrected chi connectivity index (χ3v) is 13.0. The van der Waals surface area contributed by atoms with Crippen LogP contribution in [-0.2, 0) is 34.0 Å². The molecule has 6 N–H and O–H groups in total. The van der Waals surface area contributed by atoms with E-state index in [2.05, 4.69) is 5.32 Å². The summed E-state index contributed by atoms with van der Waals surface area (Å²) < 4.78 is 5.94. The van der Waals surface area contributed by atoms with E-state index >= 15 is 4.79 Å². The number of rotatable bonds is 10. The van der Waals surface area contributed by atoms with Gasteiger partial charge in [-0.3, -0.25) is 24.0 Å². The minimum atomic E-state index is -1.01. The number of aromatic hydroxyl groups is 1. The molecule has 8 rings (SSSR count). The summed E-state index contributed by atoms with van der Waals surface area (Å²) in [6.07, 6.45) is 6.98. The Balaban J connectivity index is 1.63. The quantitative estimate of drug-likeness (QED) is 0.0697. The molecule has 0 amide bonds. The van der Waals surface area contributed by atoms with Crippen LogP contribution < -0.4 is 20.9 Å². The first-order valence-corrected chi connectivity index (χ1v) is 19.4. The summed E-state index contributed by atoms with van der Waals surface area (Å²) in [4.78, 5) is 68.1. The first-order valence-electron chi connectivity index (χ1n) is 19.4. The zero-order valence-electron chi connectivity index (χ0n) is 31.6. The lowest BCUT2D eigenvalue weighted by Crippen LogP contribution is -2.37. The van der Waals surface area contributed by atoms with E-state index in [-0.39, 0.29) is 62.6 Å². The topological polar surface area (TPSA) is 208 Å². The summed E-state index contributed by atoms with van der Waals surface area (Å²) in [7, 11) is 1.34. The van der Waals surface area contributed by atoms with E-state index in [1.807, 2.05) is 0 Å². The predicted molar refractivity (Wildman–Crippen MR) is 212 cm³/mol. The highest BCUT2D eigenvalue weighted by Gasteiger charge is 2.39. The van der Waals surface area contributed by atoms with Crippen LogP contribution in [0.15, 0.2) is 27.3 Å². The van der Waals surface area contributed by atoms with Gasteiger partial charge in [0.25, 0.3) is 0 Å². The Morgan fingerprint density at radius 3 is 2.02 bits per heavy atom. The van der Waals surface area contributed by atoms with Crippen molar-refractivity contribution in [1.29, 1.82) is 0 Å². The number of allylic oxidation sites excluding steroid dienone is 1. The van der Waals surface area contributed by atoms with Gasteiger partial charge in [0, 0.05) is 33.6 Å². The van der Waals surface area contributed by atoms with E-state index in [1.54, 1.807) is 19.1 Å². The van der Waals surface area contributed by atoms with Gasteiger partial charge in [0.05, 0.1) is 48.8 Å². The average molecular weight is 764 g/mol. The minimum Gasteiger partial charge on any atom is -0.507 e. The molecular formula is C44H45NO11. The highest BCUT2D eigenvalue weighted by molar-refractivity contribution is 6.39. The number of phenolic OH excluding ortho intramolecular Hbond substituents is 1. The average Bonchev–Trinajstić information content (AvgIpc) is 3.30. The molecule has 0 saturated heterocycles. The largest absolute Gasteiger partial charge is 0.507 e. The third kappa shape index (κ3) is 5.43. The number of aliphatic carboxylic acids is 2. The second-order valence-electron chi connectivity index (χ2n) is 16.1. The molecule has 0 heterocycles. The first-order chi connectivity index (χ1) is 26.8. The number of nitrogens with one attached hydrogen (secondary N) is 1. The molecule has 5 aromatic rings. The van der Waals surface area contributed by atoms with Crippen molar-refractivity contribution in [2.45, 2.75) is 96.8 Å². The van der Waals surface area contributed by atoms with Gasteiger partial charge in [-0.15, -0.1) is 0 Å². The van der Waals surface area contributed by atoms with Gasteiger partial charge in [-0.2, -0.15) is 0 Å². The number of carboxylic acids is 2. The number of benzene rings is 5. The molecule has 0 bridgehead atoms. The predicted octanol–water partition coefficient (Wildman–Crippen LogP) is 6.17. The number of Topliss-reactive ketones (excluding diaryl/α,β-unsaturated/α-hetero) is 1. The molecule has 0 radical (unpaired) electrons. The van der Waals surface area contributed by atoms with Crippen LogP contribution in [0, 0.1) is 17.8 Å². The summed E-state index contributed by atoms with van der Waals surface area (Å²) in [5.41, 5.74) is 1.28. The maximum atomic E-state index is 15.0. The molecule has 3 aliphatic rings. The van der Waals surface area contributed by atoms with Crippen molar-refractivity contribution < 1.29 is 44.7 Å². The smallest absolute Gasteiger partial charge is 0.308 e. The lowest BCUT2D eigenvalue weighted by atomic mass is 9.74. The molecule has 0 aromatic heterocycles. The Kier molecular flexibility index (Phi) is 9.40. The Bertz CT molecular complexity index is 2650. The van der Waals surface area contributed by atoms with E-state index in [9.17, 15) is 44.7 Å². The van der Waals surface area contributed by atoms with Crippen LogP contribution in [0.3, 0.4) is 0 Å². The Hall–Kier alpha value is -5.33. The van der Waals surface area contributed by atoms with Gasteiger partial charge < -0.3 is 35.6 Å². The summed E-state index contributed by atoms with van der Waals surface area (Å²) in [5.74, 6) is -5.43. The van der Waals surface area contributed by atoms with Crippen LogP contribution in [0.25, 0.3) is 49.2 Å². The molecule has 56 heavy (non-hydrogen) atoms. The van der Waals surface area contributed by atoms with Crippen molar-refractivity contribution in [2.24, 2.45) is 17.8 Å². The Morgan fingerprint density at radius 1 is 0.786 bits per heavy atom. The number of anilines is 1.